The second-order valence-electron chi connectivity index (χ2n) is 7.72. The summed E-state index contributed by atoms with van der Waals surface area (Å²) < 4.78 is 5.31. The van der Waals surface area contributed by atoms with Crippen molar-refractivity contribution in [1.29, 1.82) is 0 Å². The molecular formula is C19H27N3O3. The number of piperidine rings is 1. The third-order valence-corrected chi connectivity index (χ3v) is 5.70. The van der Waals surface area contributed by atoms with Crippen molar-refractivity contribution in [3.05, 3.63) is 17.5 Å². The van der Waals surface area contributed by atoms with E-state index in [4.69, 9.17) is 4.52 Å². The second kappa shape index (κ2) is 7.18. The van der Waals surface area contributed by atoms with E-state index in [-0.39, 0.29) is 17.7 Å². The SMILES string of the molecule is O=C(c1cc(C2CC2)on1)N1CCCC(C(=O)N2CCCCCC2)C1. The van der Waals surface area contributed by atoms with Crippen LogP contribution in [0.4, 0.5) is 0 Å². The van der Waals surface area contributed by atoms with E-state index in [0.717, 1.165) is 57.4 Å². The molecule has 2 aliphatic heterocycles. The molecule has 2 saturated heterocycles. The molecule has 4 rings (SSSR count). The first kappa shape index (κ1) is 16.6. The number of aromatic nitrogens is 1. The number of carbonyl (C=O) groups excluding carboxylic acids is 2. The predicted octanol–water partition coefficient (Wildman–Crippen LogP) is 2.81. The molecule has 136 valence electrons. The van der Waals surface area contributed by atoms with Gasteiger partial charge in [0.1, 0.15) is 5.76 Å². The van der Waals surface area contributed by atoms with Gasteiger partial charge >= 0.3 is 0 Å². The van der Waals surface area contributed by atoms with Crippen LogP contribution in [0.15, 0.2) is 10.6 Å². The maximum atomic E-state index is 12.9. The van der Waals surface area contributed by atoms with E-state index >= 15 is 0 Å². The lowest BCUT2D eigenvalue weighted by molar-refractivity contribution is -0.136. The third-order valence-electron chi connectivity index (χ3n) is 5.70. The number of likely N-dealkylation sites (tertiary alicyclic amines) is 2. The van der Waals surface area contributed by atoms with Crippen LogP contribution in [0.3, 0.4) is 0 Å². The lowest BCUT2D eigenvalue weighted by atomic mass is 9.96. The largest absolute Gasteiger partial charge is 0.360 e. The van der Waals surface area contributed by atoms with Crippen molar-refractivity contribution in [3.8, 4) is 0 Å². The first-order chi connectivity index (χ1) is 12.2. The minimum atomic E-state index is -0.0935. The second-order valence-corrected chi connectivity index (χ2v) is 7.72. The molecule has 1 saturated carbocycles. The van der Waals surface area contributed by atoms with E-state index in [0.29, 0.717) is 24.7 Å². The summed E-state index contributed by atoms with van der Waals surface area (Å²) in [5, 5.41) is 3.96. The smallest absolute Gasteiger partial charge is 0.276 e. The molecule has 6 heteroatoms. The van der Waals surface area contributed by atoms with Gasteiger partial charge in [0.05, 0.1) is 5.92 Å². The van der Waals surface area contributed by atoms with Gasteiger partial charge in [-0.05, 0) is 38.5 Å². The van der Waals surface area contributed by atoms with Crippen molar-refractivity contribution in [2.24, 2.45) is 5.92 Å². The fourth-order valence-corrected chi connectivity index (χ4v) is 4.02. The van der Waals surface area contributed by atoms with Gasteiger partial charge in [0.25, 0.3) is 5.91 Å². The first-order valence-electron chi connectivity index (χ1n) is 9.77. The molecule has 25 heavy (non-hydrogen) atoms. The van der Waals surface area contributed by atoms with Crippen LogP contribution >= 0.6 is 0 Å². The molecule has 0 radical (unpaired) electrons. The zero-order chi connectivity index (χ0) is 17.2. The average Bonchev–Trinajstić information content (AvgIpc) is 3.44. The van der Waals surface area contributed by atoms with Crippen LogP contribution in [-0.2, 0) is 4.79 Å². The Bertz CT molecular complexity index is 630. The van der Waals surface area contributed by atoms with Gasteiger partial charge in [0.2, 0.25) is 5.91 Å². The molecule has 3 heterocycles. The highest BCUT2D eigenvalue weighted by atomic mass is 16.5. The quantitative estimate of drug-likeness (QED) is 0.845. The maximum Gasteiger partial charge on any atom is 0.276 e. The van der Waals surface area contributed by atoms with Crippen molar-refractivity contribution >= 4 is 11.8 Å². The van der Waals surface area contributed by atoms with Crippen LogP contribution in [0.25, 0.3) is 0 Å². The van der Waals surface area contributed by atoms with Gasteiger partial charge < -0.3 is 14.3 Å². The minimum Gasteiger partial charge on any atom is -0.360 e. The van der Waals surface area contributed by atoms with Crippen LogP contribution < -0.4 is 0 Å². The highest BCUT2D eigenvalue weighted by Crippen LogP contribution is 2.40. The molecule has 1 unspecified atom stereocenters. The Hall–Kier alpha value is -1.85. The lowest BCUT2D eigenvalue weighted by Gasteiger charge is -2.34. The zero-order valence-corrected chi connectivity index (χ0v) is 14.8. The summed E-state index contributed by atoms with van der Waals surface area (Å²) in [7, 11) is 0. The van der Waals surface area contributed by atoms with Gasteiger partial charge in [0.15, 0.2) is 5.69 Å². The van der Waals surface area contributed by atoms with Crippen LogP contribution in [0, 0.1) is 5.92 Å². The molecule has 0 aromatic carbocycles. The number of carbonyl (C=O) groups is 2. The van der Waals surface area contributed by atoms with E-state index in [1.165, 1.54) is 12.8 Å². The van der Waals surface area contributed by atoms with E-state index in [1.54, 1.807) is 11.0 Å². The molecule has 0 spiro atoms. The Labute approximate surface area is 148 Å². The van der Waals surface area contributed by atoms with Gasteiger partial charge in [-0.3, -0.25) is 9.59 Å². The van der Waals surface area contributed by atoms with Crippen molar-refractivity contribution in [2.75, 3.05) is 26.2 Å². The van der Waals surface area contributed by atoms with E-state index < -0.39 is 0 Å². The summed E-state index contributed by atoms with van der Waals surface area (Å²) in [5.41, 5.74) is 0.393. The highest BCUT2D eigenvalue weighted by molar-refractivity contribution is 5.93. The van der Waals surface area contributed by atoms with Crippen LogP contribution in [0.1, 0.15) is 73.5 Å². The summed E-state index contributed by atoms with van der Waals surface area (Å²) >= 11 is 0. The number of hydrogen-bond acceptors (Lipinski definition) is 4. The highest BCUT2D eigenvalue weighted by Gasteiger charge is 2.34. The Balaban J connectivity index is 1.39. The topological polar surface area (TPSA) is 66.7 Å². The Kier molecular flexibility index (Phi) is 4.77. The standard InChI is InChI=1S/C19H27N3O3/c23-18(21-9-3-1-2-4-10-21)15-6-5-11-22(13-15)19(24)16-12-17(25-20-16)14-7-8-14/h12,14-15H,1-11,13H2. The van der Waals surface area contributed by atoms with Gasteiger partial charge in [-0.2, -0.15) is 0 Å². The van der Waals surface area contributed by atoms with E-state index in [1.807, 2.05) is 4.90 Å². The van der Waals surface area contributed by atoms with Gasteiger partial charge in [-0.1, -0.05) is 18.0 Å². The first-order valence-corrected chi connectivity index (χ1v) is 9.77. The van der Waals surface area contributed by atoms with Crippen molar-refractivity contribution in [2.45, 2.75) is 57.3 Å². The van der Waals surface area contributed by atoms with Crippen molar-refractivity contribution in [3.63, 3.8) is 0 Å². The zero-order valence-electron chi connectivity index (χ0n) is 14.8. The molecule has 1 aliphatic carbocycles. The molecule has 0 bridgehead atoms. The minimum absolute atomic E-state index is 0.0643. The summed E-state index contributed by atoms with van der Waals surface area (Å²) in [5.74, 6) is 1.36. The molecule has 6 nitrogen and oxygen atoms in total. The Morgan fingerprint density at radius 1 is 0.960 bits per heavy atom. The molecule has 1 aromatic rings. The molecule has 1 aromatic heterocycles. The molecule has 1 atom stereocenters. The van der Waals surface area contributed by atoms with Crippen LogP contribution in [-0.4, -0.2) is 52.9 Å². The van der Waals surface area contributed by atoms with E-state index in [9.17, 15) is 9.59 Å². The molecule has 3 fully saturated rings. The normalized spacial score (nSPS) is 24.9. The predicted molar refractivity (Wildman–Crippen MR) is 92.2 cm³/mol. The fourth-order valence-electron chi connectivity index (χ4n) is 4.02. The summed E-state index contributed by atoms with van der Waals surface area (Å²) in [6.45, 7) is 2.96. The Morgan fingerprint density at radius 2 is 1.68 bits per heavy atom. The van der Waals surface area contributed by atoms with E-state index in [2.05, 4.69) is 5.16 Å². The molecule has 2 amide bonds. The molecule has 3 aliphatic rings. The number of hydrogen-bond donors (Lipinski definition) is 0. The average molecular weight is 345 g/mol. The van der Waals surface area contributed by atoms with Crippen molar-refractivity contribution in [1.82, 2.24) is 15.0 Å². The summed E-state index contributed by atoms with van der Waals surface area (Å²) in [6, 6.07) is 1.79. The lowest BCUT2D eigenvalue weighted by Crippen LogP contribution is -2.47. The van der Waals surface area contributed by atoms with Gasteiger partial charge in [0, 0.05) is 38.2 Å². The van der Waals surface area contributed by atoms with Crippen molar-refractivity contribution < 1.29 is 14.1 Å². The molecule has 0 N–H and O–H groups in total. The number of rotatable bonds is 3. The summed E-state index contributed by atoms with van der Waals surface area (Å²) in [6.07, 6.45) is 8.64. The summed E-state index contributed by atoms with van der Waals surface area (Å²) in [4.78, 5) is 29.4. The van der Waals surface area contributed by atoms with Gasteiger partial charge in [-0.15, -0.1) is 0 Å². The van der Waals surface area contributed by atoms with Gasteiger partial charge in [-0.25, -0.2) is 0 Å². The Morgan fingerprint density at radius 3 is 2.40 bits per heavy atom. The maximum absolute atomic E-state index is 12.9. The van der Waals surface area contributed by atoms with Crippen LogP contribution in [0.5, 0.6) is 0 Å². The number of amides is 2. The number of nitrogens with zero attached hydrogens (tertiary/aromatic N) is 3. The fraction of sp³-hybridized carbons (Fsp3) is 0.737. The third kappa shape index (κ3) is 3.72. The monoisotopic (exact) mass is 345 g/mol. The van der Waals surface area contributed by atoms with Crippen LogP contribution in [0.2, 0.25) is 0 Å². The molecular weight excluding hydrogens is 318 g/mol.